The summed E-state index contributed by atoms with van der Waals surface area (Å²) in [6.07, 6.45) is -0.822. The number of rotatable bonds is 2. The Hall–Kier alpha value is -0.810. The van der Waals surface area contributed by atoms with Crippen molar-refractivity contribution in [2.24, 2.45) is 0 Å². The zero-order valence-corrected chi connectivity index (χ0v) is 12.0. The van der Waals surface area contributed by atoms with Crippen LogP contribution < -0.4 is 0 Å². The number of amides is 1. The summed E-state index contributed by atoms with van der Waals surface area (Å²) in [5.74, 6) is -0.160. The molecule has 1 N–H and O–H groups in total. The molecule has 1 atom stereocenters. The van der Waals surface area contributed by atoms with Crippen LogP contribution in [-0.4, -0.2) is 42.2 Å². The van der Waals surface area contributed by atoms with E-state index >= 15 is 0 Å². The first kappa shape index (κ1) is 14.6. The van der Waals surface area contributed by atoms with E-state index < -0.39 is 6.10 Å². The van der Waals surface area contributed by atoms with Gasteiger partial charge in [0.1, 0.15) is 0 Å². The lowest BCUT2D eigenvalue weighted by atomic mass is 10.1. The molecule has 1 aliphatic rings. The van der Waals surface area contributed by atoms with Crippen molar-refractivity contribution in [2.75, 3.05) is 26.3 Å². The van der Waals surface area contributed by atoms with Gasteiger partial charge in [-0.05, 0) is 19.1 Å². The Morgan fingerprint density at radius 1 is 1.37 bits per heavy atom. The lowest BCUT2D eigenvalue weighted by Crippen LogP contribution is -2.40. The van der Waals surface area contributed by atoms with Crippen molar-refractivity contribution in [3.8, 4) is 0 Å². The van der Waals surface area contributed by atoms with Gasteiger partial charge in [-0.25, -0.2) is 0 Å². The number of ether oxygens (including phenoxy) is 1. The van der Waals surface area contributed by atoms with Gasteiger partial charge < -0.3 is 14.7 Å². The first-order chi connectivity index (χ1) is 9.02. The molecule has 1 unspecified atom stereocenters. The van der Waals surface area contributed by atoms with Gasteiger partial charge in [-0.3, -0.25) is 4.79 Å². The first-order valence-corrected chi connectivity index (χ1v) is 6.81. The number of aliphatic hydroxyl groups excluding tert-OH is 1. The highest BCUT2D eigenvalue weighted by Crippen LogP contribution is 2.33. The second-order valence-electron chi connectivity index (χ2n) is 4.40. The van der Waals surface area contributed by atoms with Crippen LogP contribution in [0.2, 0.25) is 10.0 Å². The number of morpholine rings is 1. The minimum absolute atomic E-state index is 0.160. The van der Waals surface area contributed by atoms with E-state index in [1.54, 1.807) is 24.0 Å². The fourth-order valence-electron chi connectivity index (χ4n) is 2.05. The number of halogens is 2. The molecule has 19 heavy (non-hydrogen) atoms. The summed E-state index contributed by atoms with van der Waals surface area (Å²) in [5.41, 5.74) is 0.756. The van der Waals surface area contributed by atoms with E-state index in [-0.39, 0.29) is 10.9 Å². The van der Waals surface area contributed by atoms with E-state index in [0.717, 1.165) is 0 Å². The summed E-state index contributed by atoms with van der Waals surface area (Å²) < 4.78 is 5.21. The molecule has 1 aliphatic heterocycles. The van der Waals surface area contributed by atoms with Gasteiger partial charge in [0.05, 0.1) is 29.9 Å². The maximum atomic E-state index is 12.4. The lowest BCUT2D eigenvalue weighted by molar-refractivity contribution is 0.0303. The molecule has 1 aromatic rings. The fourth-order valence-corrected chi connectivity index (χ4v) is 2.82. The molecule has 4 nitrogen and oxygen atoms in total. The second-order valence-corrected chi connectivity index (χ2v) is 5.19. The minimum atomic E-state index is -0.822. The van der Waals surface area contributed by atoms with Gasteiger partial charge in [0, 0.05) is 23.7 Å². The highest BCUT2D eigenvalue weighted by atomic mass is 35.5. The standard InChI is InChI=1S/C13H15Cl2NO3/c1-8(17)11-10(14)3-2-9(12(11)15)13(18)16-4-6-19-7-5-16/h2-3,8,17H,4-7H2,1H3. The molecule has 2 rings (SSSR count). The molecular formula is C13H15Cl2NO3. The van der Waals surface area contributed by atoms with Crippen LogP contribution >= 0.6 is 23.2 Å². The number of nitrogens with zero attached hydrogens (tertiary/aromatic N) is 1. The van der Waals surface area contributed by atoms with Crippen LogP contribution in [0.4, 0.5) is 0 Å². The first-order valence-electron chi connectivity index (χ1n) is 6.05. The number of benzene rings is 1. The third-order valence-corrected chi connectivity index (χ3v) is 3.81. The molecule has 0 saturated carbocycles. The molecule has 0 aromatic heterocycles. The molecule has 0 bridgehead atoms. The normalized spacial score (nSPS) is 17.4. The molecule has 1 saturated heterocycles. The zero-order valence-electron chi connectivity index (χ0n) is 10.5. The molecule has 1 aromatic carbocycles. The van der Waals surface area contributed by atoms with Gasteiger partial charge in [0.2, 0.25) is 0 Å². The van der Waals surface area contributed by atoms with E-state index in [1.807, 2.05) is 0 Å². The van der Waals surface area contributed by atoms with Crippen molar-refractivity contribution >= 4 is 29.1 Å². The summed E-state index contributed by atoms with van der Waals surface area (Å²) in [5, 5.41) is 10.3. The third-order valence-electron chi connectivity index (χ3n) is 3.07. The summed E-state index contributed by atoms with van der Waals surface area (Å²) in [6, 6.07) is 3.18. The molecule has 0 spiro atoms. The van der Waals surface area contributed by atoms with Gasteiger partial charge in [0.15, 0.2) is 0 Å². The summed E-state index contributed by atoms with van der Waals surface area (Å²) >= 11 is 12.2. The van der Waals surface area contributed by atoms with Crippen LogP contribution in [-0.2, 0) is 4.74 Å². The van der Waals surface area contributed by atoms with Gasteiger partial charge in [-0.2, -0.15) is 0 Å². The van der Waals surface area contributed by atoms with Crippen molar-refractivity contribution < 1.29 is 14.6 Å². The number of hydrogen-bond donors (Lipinski definition) is 1. The lowest BCUT2D eigenvalue weighted by Gasteiger charge is -2.27. The van der Waals surface area contributed by atoms with Gasteiger partial charge in [0.25, 0.3) is 5.91 Å². The van der Waals surface area contributed by atoms with Crippen LogP contribution in [0.3, 0.4) is 0 Å². The smallest absolute Gasteiger partial charge is 0.255 e. The van der Waals surface area contributed by atoms with E-state index in [9.17, 15) is 9.90 Å². The van der Waals surface area contributed by atoms with E-state index in [2.05, 4.69) is 0 Å². The second kappa shape index (κ2) is 6.09. The largest absolute Gasteiger partial charge is 0.389 e. The molecule has 6 heteroatoms. The van der Waals surface area contributed by atoms with Crippen LogP contribution in [0.5, 0.6) is 0 Å². The highest BCUT2D eigenvalue weighted by Gasteiger charge is 2.24. The highest BCUT2D eigenvalue weighted by molar-refractivity contribution is 6.38. The Morgan fingerprint density at radius 3 is 2.58 bits per heavy atom. The van der Waals surface area contributed by atoms with Crippen molar-refractivity contribution in [2.45, 2.75) is 13.0 Å². The van der Waals surface area contributed by atoms with Crippen molar-refractivity contribution in [1.29, 1.82) is 0 Å². The summed E-state index contributed by atoms with van der Waals surface area (Å²) in [7, 11) is 0. The van der Waals surface area contributed by atoms with Gasteiger partial charge >= 0.3 is 0 Å². The molecule has 104 valence electrons. The van der Waals surface area contributed by atoms with Crippen LogP contribution in [0.25, 0.3) is 0 Å². The number of hydrogen-bond acceptors (Lipinski definition) is 3. The SMILES string of the molecule is CC(O)c1c(Cl)ccc(C(=O)N2CCOCC2)c1Cl. The molecular weight excluding hydrogens is 289 g/mol. The zero-order chi connectivity index (χ0) is 14.0. The molecule has 0 radical (unpaired) electrons. The predicted molar refractivity (Wildman–Crippen MR) is 73.8 cm³/mol. The summed E-state index contributed by atoms with van der Waals surface area (Å²) in [6.45, 7) is 3.71. The Kier molecular flexibility index (Phi) is 4.68. The predicted octanol–water partition coefficient (Wildman–Crippen LogP) is 2.52. The van der Waals surface area contributed by atoms with E-state index in [1.165, 1.54) is 0 Å². The summed E-state index contributed by atoms with van der Waals surface area (Å²) in [4.78, 5) is 14.1. The molecule has 1 heterocycles. The number of carbonyl (C=O) groups excluding carboxylic acids is 1. The number of aliphatic hydroxyl groups is 1. The van der Waals surface area contributed by atoms with Crippen molar-refractivity contribution in [3.05, 3.63) is 33.3 Å². The van der Waals surface area contributed by atoms with E-state index in [0.29, 0.717) is 42.5 Å². The quantitative estimate of drug-likeness (QED) is 0.913. The van der Waals surface area contributed by atoms with Crippen molar-refractivity contribution in [3.63, 3.8) is 0 Å². The maximum absolute atomic E-state index is 12.4. The molecule has 1 amide bonds. The average Bonchev–Trinajstić information content (AvgIpc) is 2.39. The van der Waals surface area contributed by atoms with Crippen LogP contribution in [0.1, 0.15) is 28.9 Å². The Morgan fingerprint density at radius 2 is 2.00 bits per heavy atom. The van der Waals surface area contributed by atoms with Gasteiger partial charge in [-0.15, -0.1) is 0 Å². The van der Waals surface area contributed by atoms with Crippen LogP contribution in [0, 0.1) is 0 Å². The topological polar surface area (TPSA) is 49.8 Å². The molecule has 1 fully saturated rings. The monoisotopic (exact) mass is 303 g/mol. The minimum Gasteiger partial charge on any atom is -0.389 e. The Balaban J connectivity index is 2.34. The maximum Gasteiger partial charge on any atom is 0.255 e. The van der Waals surface area contributed by atoms with Crippen LogP contribution in [0.15, 0.2) is 12.1 Å². The average molecular weight is 304 g/mol. The Bertz CT molecular complexity index is 485. The van der Waals surface area contributed by atoms with Crippen molar-refractivity contribution in [1.82, 2.24) is 4.90 Å². The van der Waals surface area contributed by atoms with E-state index in [4.69, 9.17) is 27.9 Å². The molecule has 0 aliphatic carbocycles. The third kappa shape index (κ3) is 3.03. The van der Waals surface area contributed by atoms with Gasteiger partial charge in [-0.1, -0.05) is 23.2 Å². The fraction of sp³-hybridized carbons (Fsp3) is 0.462. The number of carbonyl (C=O) groups is 1. The Labute approximate surface area is 121 Å².